The molecule has 0 unspecified atom stereocenters. The molecule has 2 heterocycles. The highest BCUT2D eigenvalue weighted by Crippen LogP contribution is 2.41. The summed E-state index contributed by atoms with van der Waals surface area (Å²) in [5.74, 6) is 0. The van der Waals surface area contributed by atoms with Gasteiger partial charge in [-0.3, -0.25) is 0 Å². The molecule has 0 spiro atoms. The van der Waals surface area contributed by atoms with E-state index in [-0.39, 0.29) is 5.41 Å². The van der Waals surface area contributed by atoms with Gasteiger partial charge in [-0.25, -0.2) is 0 Å². The van der Waals surface area contributed by atoms with Crippen LogP contribution in [0.1, 0.15) is 30.5 Å². The number of nitrogens with zero attached hydrogens (tertiary/aromatic N) is 4. The first-order chi connectivity index (χ1) is 9.65. The Hall–Kier alpha value is -1.69. The van der Waals surface area contributed by atoms with Crippen molar-refractivity contribution in [1.29, 1.82) is 0 Å². The van der Waals surface area contributed by atoms with Crippen molar-refractivity contribution in [2.75, 3.05) is 25.6 Å². The number of anilines is 1. The van der Waals surface area contributed by atoms with Gasteiger partial charge in [0, 0.05) is 19.1 Å². The van der Waals surface area contributed by atoms with Crippen LogP contribution < -0.4 is 5.32 Å². The second-order valence-corrected chi connectivity index (χ2v) is 5.82. The van der Waals surface area contributed by atoms with Gasteiger partial charge in [0.05, 0.1) is 18.0 Å². The first-order valence-corrected chi connectivity index (χ1v) is 7.05. The maximum Gasteiger partial charge on any atom is 0.200 e. The Bertz CT molecular complexity index is 617. The van der Waals surface area contributed by atoms with Gasteiger partial charge in [0.1, 0.15) is 6.33 Å². The third kappa shape index (κ3) is 2.14. The molecule has 2 aromatic heterocycles. The van der Waals surface area contributed by atoms with Gasteiger partial charge in [0.15, 0.2) is 0 Å². The molecule has 6 heteroatoms. The standard InChI is InChI=1S/C14H21N5O/c1-10-11(2)18-19-9-16-17-13(19)12(10)15-7-14(8-20-3)5-4-6-14/h9,15H,4-8H2,1-3H3. The van der Waals surface area contributed by atoms with E-state index in [1.54, 1.807) is 18.0 Å². The van der Waals surface area contributed by atoms with Crippen molar-refractivity contribution in [2.24, 2.45) is 5.41 Å². The predicted molar refractivity (Wildman–Crippen MR) is 76.9 cm³/mol. The Balaban J connectivity index is 1.87. The lowest BCUT2D eigenvalue weighted by Gasteiger charge is -2.41. The number of methoxy groups -OCH3 is 1. The molecule has 1 aliphatic carbocycles. The van der Waals surface area contributed by atoms with Gasteiger partial charge in [-0.05, 0) is 32.3 Å². The summed E-state index contributed by atoms with van der Waals surface area (Å²) in [6.45, 7) is 5.80. The maximum atomic E-state index is 5.38. The molecule has 0 atom stereocenters. The van der Waals surface area contributed by atoms with Gasteiger partial charge in [0.25, 0.3) is 0 Å². The van der Waals surface area contributed by atoms with Crippen LogP contribution in [0.5, 0.6) is 0 Å². The van der Waals surface area contributed by atoms with E-state index in [0.717, 1.165) is 35.7 Å². The number of nitrogens with one attached hydrogen (secondary N) is 1. The van der Waals surface area contributed by atoms with Crippen molar-refractivity contribution >= 4 is 11.3 Å². The average molecular weight is 275 g/mol. The van der Waals surface area contributed by atoms with E-state index >= 15 is 0 Å². The summed E-state index contributed by atoms with van der Waals surface area (Å²) in [6, 6.07) is 0. The van der Waals surface area contributed by atoms with Crippen molar-refractivity contribution in [1.82, 2.24) is 19.8 Å². The van der Waals surface area contributed by atoms with E-state index in [1.807, 2.05) is 6.92 Å². The summed E-state index contributed by atoms with van der Waals surface area (Å²) in [7, 11) is 1.78. The van der Waals surface area contributed by atoms with Crippen molar-refractivity contribution in [3.05, 3.63) is 17.6 Å². The molecule has 108 valence electrons. The SMILES string of the molecule is COCC1(CNc2c(C)c(C)nn3cnnc23)CCC1. The molecule has 0 radical (unpaired) electrons. The summed E-state index contributed by atoms with van der Waals surface area (Å²) >= 11 is 0. The molecular formula is C14H21N5O. The Morgan fingerprint density at radius 1 is 1.40 bits per heavy atom. The number of rotatable bonds is 5. The largest absolute Gasteiger partial charge is 0.384 e. The van der Waals surface area contributed by atoms with Gasteiger partial charge in [-0.15, -0.1) is 10.2 Å². The molecule has 1 saturated carbocycles. The van der Waals surface area contributed by atoms with E-state index < -0.39 is 0 Å². The number of ether oxygens (including phenoxy) is 1. The summed E-state index contributed by atoms with van der Waals surface area (Å²) in [4.78, 5) is 0. The van der Waals surface area contributed by atoms with Gasteiger partial charge < -0.3 is 10.1 Å². The summed E-state index contributed by atoms with van der Waals surface area (Å²) in [6.07, 6.45) is 5.38. The second kappa shape index (κ2) is 5.01. The topological polar surface area (TPSA) is 64.3 Å². The monoisotopic (exact) mass is 275 g/mol. The van der Waals surface area contributed by atoms with E-state index in [9.17, 15) is 0 Å². The van der Waals surface area contributed by atoms with Gasteiger partial charge >= 0.3 is 0 Å². The fourth-order valence-corrected chi connectivity index (χ4v) is 2.90. The lowest BCUT2D eigenvalue weighted by molar-refractivity contribution is 0.0283. The van der Waals surface area contributed by atoms with Gasteiger partial charge in [-0.2, -0.15) is 9.61 Å². The van der Waals surface area contributed by atoms with Crippen LogP contribution >= 0.6 is 0 Å². The molecule has 3 rings (SSSR count). The second-order valence-electron chi connectivity index (χ2n) is 5.82. The Morgan fingerprint density at radius 2 is 2.20 bits per heavy atom. The third-order valence-electron chi connectivity index (χ3n) is 4.43. The molecule has 2 aromatic rings. The maximum absolute atomic E-state index is 5.38. The molecule has 0 aromatic carbocycles. The van der Waals surface area contributed by atoms with Crippen LogP contribution in [-0.4, -0.2) is 40.1 Å². The van der Waals surface area contributed by atoms with Crippen molar-refractivity contribution in [2.45, 2.75) is 33.1 Å². The molecule has 0 aliphatic heterocycles. The number of aryl methyl sites for hydroxylation is 1. The molecule has 1 aliphatic rings. The highest BCUT2D eigenvalue weighted by Gasteiger charge is 2.37. The number of hydrogen-bond donors (Lipinski definition) is 1. The van der Waals surface area contributed by atoms with Crippen LogP contribution in [0.2, 0.25) is 0 Å². The smallest absolute Gasteiger partial charge is 0.200 e. The fourth-order valence-electron chi connectivity index (χ4n) is 2.90. The highest BCUT2D eigenvalue weighted by molar-refractivity contribution is 5.71. The van der Waals surface area contributed by atoms with Gasteiger partial charge in [0.2, 0.25) is 5.65 Å². The quantitative estimate of drug-likeness (QED) is 0.903. The van der Waals surface area contributed by atoms with Crippen LogP contribution in [0, 0.1) is 19.3 Å². The van der Waals surface area contributed by atoms with Crippen LogP contribution in [0.3, 0.4) is 0 Å². The molecule has 0 amide bonds. The highest BCUT2D eigenvalue weighted by atomic mass is 16.5. The first-order valence-electron chi connectivity index (χ1n) is 7.05. The minimum absolute atomic E-state index is 0.273. The normalized spacial score (nSPS) is 17.1. The lowest BCUT2D eigenvalue weighted by atomic mass is 9.69. The van der Waals surface area contributed by atoms with E-state index in [4.69, 9.17) is 4.74 Å². The Kier molecular flexibility index (Phi) is 3.33. The average Bonchev–Trinajstić information content (AvgIpc) is 2.83. The first kappa shape index (κ1) is 13.3. The molecule has 0 bridgehead atoms. The minimum Gasteiger partial charge on any atom is -0.384 e. The number of hydrogen-bond acceptors (Lipinski definition) is 5. The van der Waals surface area contributed by atoms with Crippen LogP contribution in [0.4, 0.5) is 5.69 Å². The molecule has 6 nitrogen and oxygen atoms in total. The van der Waals surface area contributed by atoms with E-state index in [2.05, 4.69) is 27.5 Å². The predicted octanol–water partition coefficient (Wildman–Crippen LogP) is 1.97. The molecule has 20 heavy (non-hydrogen) atoms. The van der Waals surface area contributed by atoms with E-state index in [1.165, 1.54) is 19.3 Å². The summed E-state index contributed by atoms with van der Waals surface area (Å²) < 4.78 is 7.11. The lowest BCUT2D eigenvalue weighted by Crippen LogP contribution is -2.40. The number of aromatic nitrogens is 4. The molecule has 1 fully saturated rings. The zero-order valence-corrected chi connectivity index (χ0v) is 12.3. The molecule has 0 saturated heterocycles. The number of fused-ring (bicyclic) bond motifs is 1. The zero-order chi connectivity index (χ0) is 14.2. The van der Waals surface area contributed by atoms with Crippen LogP contribution in [0.15, 0.2) is 6.33 Å². The third-order valence-corrected chi connectivity index (χ3v) is 4.43. The van der Waals surface area contributed by atoms with E-state index in [0.29, 0.717) is 0 Å². The molecule has 1 N–H and O–H groups in total. The van der Waals surface area contributed by atoms with Crippen LogP contribution in [-0.2, 0) is 4.74 Å². The fraction of sp³-hybridized carbons (Fsp3) is 0.643. The van der Waals surface area contributed by atoms with Gasteiger partial charge in [-0.1, -0.05) is 6.42 Å². The Morgan fingerprint density at radius 3 is 2.85 bits per heavy atom. The van der Waals surface area contributed by atoms with Crippen molar-refractivity contribution < 1.29 is 4.74 Å². The van der Waals surface area contributed by atoms with Crippen molar-refractivity contribution in [3.63, 3.8) is 0 Å². The Labute approximate surface area is 118 Å². The summed E-state index contributed by atoms with van der Waals surface area (Å²) in [5.41, 5.74) is 4.24. The minimum atomic E-state index is 0.273. The van der Waals surface area contributed by atoms with Crippen molar-refractivity contribution in [3.8, 4) is 0 Å². The molecular weight excluding hydrogens is 254 g/mol. The zero-order valence-electron chi connectivity index (χ0n) is 12.3. The summed E-state index contributed by atoms with van der Waals surface area (Å²) in [5, 5.41) is 16.1. The van der Waals surface area contributed by atoms with Crippen LogP contribution in [0.25, 0.3) is 5.65 Å².